The lowest BCUT2D eigenvalue weighted by Gasteiger charge is -2.07. The lowest BCUT2D eigenvalue weighted by Crippen LogP contribution is -2.15. The zero-order chi connectivity index (χ0) is 14.7. The first-order chi connectivity index (χ1) is 9.45. The first-order valence-corrected chi connectivity index (χ1v) is 5.74. The van der Waals surface area contributed by atoms with Crippen LogP contribution in [-0.2, 0) is 11.2 Å². The van der Waals surface area contributed by atoms with E-state index in [0.717, 1.165) is 18.2 Å². The van der Waals surface area contributed by atoms with Gasteiger partial charge in [0.05, 0.1) is 6.42 Å². The number of carbonyl (C=O) groups is 1. The minimum absolute atomic E-state index is 0.0770. The van der Waals surface area contributed by atoms with Crippen molar-refractivity contribution in [3.05, 3.63) is 59.4 Å². The molecule has 6 heteroatoms. The monoisotopic (exact) mass is 280 g/mol. The maximum absolute atomic E-state index is 13.4. The van der Waals surface area contributed by atoms with Gasteiger partial charge in [0.1, 0.15) is 5.82 Å². The van der Waals surface area contributed by atoms with Crippen LogP contribution in [0.1, 0.15) is 5.56 Å². The highest BCUT2D eigenvalue weighted by Gasteiger charge is 2.12. The molecule has 0 aliphatic carbocycles. The Morgan fingerprint density at radius 3 is 2.60 bits per heavy atom. The number of carbonyl (C=O) groups excluding carboxylic acids is 1. The Morgan fingerprint density at radius 1 is 1.15 bits per heavy atom. The van der Waals surface area contributed by atoms with Gasteiger partial charge in [0.2, 0.25) is 5.91 Å². The van der Waals surface area contributed by atoms with Crippen molar-refractivity contribution < 1.29 is 18.0 Å². The molecule has 0 radical (unpaired) electrons. The molecule has 0 unspecified atom stereocenters. The normalized spacial score (nSPS) is 10.3. The minimum atomic E-state index is -1.07. The summed E-state index contributed by atoms with van der Waals surface area (Å²) in [6.45, 7) is 0. The summed E-state index contributed by atoms with van der Waals surface area (Å²) in [6, 6.07) is 7.12. The van der Waals surface area contributed by atoms with Gasteiger partial charge in [0, 0.05) is 16.9 Å². The molecule has 3 N–H and O–H groups in total. The van der Waals surface area contributed by atoms with Crippen LogP contribution in [0, 0.1) is 17.5 Å². The Morgan fingerprint density at radius 2 is 1.90 bits per heavy atom. The van der Waals surface area contributed by atoms with E-state index >= 15 is 0 Å². The van der Waals surface area contributed by atoms with Crippen molar-refractivity contribution in [2.75, 3.05) is 11.1 Å². The average molecular weight is 280 g/mol. The molecule has 0 saturated heterocycles. The molecule has 0 spiro atoms. The summed E-state index contributed by atoms with van der Waals surface area (Å²) in [4.78, 5) is 11.7. The molecule has 0 aliphatic heterocycles. The zero-order valence-corrected chi connectivity index (χ0v) is 10.3. The second kappa shape index (κ2) is 5.64. The number of nitrogens with two attached hydrogens (primary N) is 1. The van der Waals surface area contributed by atoms with Gasteiger partial charge in [0.15, 0.2) is 11.6 Å². The number of nitrogens with one attached hydrogen (secondary N) is 1. The van der Waals surface area contributed by atoms with E-state index in [-0.39, 0.29) is 23.4 Å². The van der Waals surface area contributed by atoms with Gasteiger partial charge in [-0.3, -0.25) is 4.79 Å². The molecule has 2 rings (SSSR count). The predicted molar refractivity (Wildman–Crippen MR) is 69.5 cm³/mol. The highest BCUT2D eigenvalue weighted by atomic mass is 19.2. The molecular formula is C14H11F3N2O. The van der Waals surface area contributed by atoms with Crippen molar-refractivity contribution in [2.24, 2.45) is 0 Å². The summed E-state index contributed by atoms with van der Waals surface area (Å²) in [6.07, 6.45) is -0.361. The zero-order valence-electron chi connectivity index (χ0n) is 10.3. The smallest absolute Gasteiger partial charge is 0.228 e. The van der Waals surface area contributed by atoms with Crippen LogP contribution in [0.25, 0.3) is 0 Å². The number of hydrogen-bond acceptors (Lipinski definition) is 2. The van der Waals surface area contributed by atoms with Crippen molar-refractivity contribution in [3.8, 4) is 0 Å². The first-order valence-electron chi connectivity index (χ1n) is 5.74. The molecule has 1 amide bonds. The molecule has 20 heavy (non-hydrogen) atoms. The third-order valence-corrected chi connectivity index (χ3v) is 2.59. The molecule has 2 aromatic carbocycles. The Kier molecular flexibility index (Phi) is 3.93. The lowest BCUT2D eigenvalue weighted by molar-refractivity contribution is -0.115. The van der Waals surface area contributed by atoms with Crippen LogP contribution in [0.3, 0.4) is 0 Å². The van der Waals surface area contributed by atoms with Crippen molar-refractivity contribution >= 4 is 17.3 Å². The molecular weight excluding hydrogens is 269 g/mol. The minimum Gasteiger partial charge on any atom is -0.399 e. The van der Waals surface area contributed by atoms with Crippen molar-refractivity contribution in [3.63, 3.8) is 0 Å². The summed E-state index contributed by atoms with van der Waals surface area (Å²) >= 11 is 0. The topological polar surface area (TPSA) is 55.1 Å². The molecule has 0 aliphatic rings. The van der Waals surface area contributed by atoms with Crippen LogP contribution in [0.15, 0.2) is 36.4 Å². The fourth-order valence-corrected chi connectivity index (χ4v) is 1.75. The number of amides is 1. The van der Waals surface area contributed by atoms with E-state index in [4.69, 9.17) is 5.73 Å². The summed E-state index contributed by atoms with van der Waals surface area (Å²) in [5, 5.41) is 2.37. The van der Waals surface area contributed by atoms with Crippen LogP contribution in [-0.4, -0.2) is 5.91 Å². The second-order valence-electron chi connectivity index (χ2n) is 4.21. The molecule has 0 bridgehead atoms. The van der Waals surface area contributed by atoms with Crippen LogP contribution in [0.4, 0.5) is 24.5 Å². The molecule has 0 heterocycles. The summed E-state index contributed by atoms with van der Waals surface area (Å²) in [5.41, 5.74) is 5.66. The summed E-state index contributed by atoms with van der Waals surface area (Å²) < 4.78 is 39.5. The third-order valence-electron chi connectivity index (χ3n) is 2.59. The summed E-state index contributed by atoms with van der Waals surface area (Å²) in [7, 11) is 0. The summed E-state index contributed by atoms with van der Waals surface area (Å²) in [5.74, 6) is -3.29. The quantitative estimate of drug-likeness (QED) is 0.849. The van der Waals surface area contributed by atoms with Gasteiger partial charge in [-0.15, -0.1) is 0 Å². The van der Waals surface area contributed by atoms with Gasteiger partial charge in [-0.25, -0.2) is 13.2 Å². The number of hydrogen-bond donors (Lipinski definition) is 2. The molecule has 104 valence electrons. The highest BCUT2D eigenvalue weighted by molar-refractivity contribution is 5.92. The van der Waals surface area contributed by atoms with Crippen LogP contribution in [0.2, 0.25) is 0 Å². The second-order valence-corrected chi connectivity index (χ2v) is 4.21. The molecule has 3 nitrogen and oxygen atoms in total. The van der Waals surface area contributed by atoms with Gasteiger partial charge in [0.25, 0.3) is 0 Å². The van der Waals surface area contributed by atoms with Gasteiger partial charge >= 0.3 is 0 Å². The number of rotatable bonds is 3. The molecule has 2 aromatic rings. The van der Waals surface area contributed by atoms with Crippen LogP contribution < -0.4 is 11.1 Å². The number of benzene rings is 2. The maximum Gasteiger partial charge on any atom is 0.228 e. The lowest BCUT2D eigenvalue weighted by atomic mass is 10.1. The third kappa shape index (κ3) is 3.28. The van der Waals surface area contributed by atoms with E-state index in [9.17, 15) is 18.0 Å². The largest absolute Gasteiger partial charge is 0.399 e. The van der Waals surface area contributed by atoms with E-state index < -0.39 is 23.4 Å². The van der Waals surface area contributed by atoms with E-state index in [2.05, 4.69) is 5.32 Å². The fraction of sp³-hybridized carbons (Fsp3) is 0.0714. The van der Waals surface area contributed by atoms with E-state index in [1.807, 2.05) is 0 Å². The molecule has 0 atom stereocenters. The van der Waals surface area contributed by atoms with E-state index in [1.165, 1.54) is 18.2 Å². The Hall–Kier alpha value is -2.50. The Bertz CT molecular complexity index is 639. The van der Waals surface area contributed by atoms with Gasteiger partial charge in [-0.2, -0.15) is 0 Å². The number of nitrogen functional groups attached to an aromatic ring is 1. The SMILES string of the molecule is Nc1cc(F)cc(NC(=O)Cc2cccc(F)c2F)c1. The molecule has 0 aromatic heterocycles. The van der Waals surface area contributed by atoms with Gasteiger partial charge in [-0.1, -0.05) is 12.1 Å². The Balaban J connectivity index is 2.11. The number of anilines is 2. The maximum atomic E-state index is 13.4. The van der Waals surface area contributed by atoms with Crippen LogP contribution >= 0.6 is 0 Å². The molecule has 0 saturated carbocycles. The van der Waals surface area contributed by atoms with Gasteiger partial charge in [-0.05, 0) is 24.3 Å². The average Bonchev–Trinajstić information content (AvgIpc) is 2.33. The molecule has 0 fully saturated rings. The Labute approximate surface area is 113 Å². The first kappa shape index (κ1) is 13.9. The predicted octanol–water partition coefficient (Wildman–Crippen LogP) is 2.87. The highest BCUT2D eigenvalue weighted by Crippen LogP contribution is 2.17. The van der Waals surface area contributed by atoms with Crippen LogP contribution in [0.5, 0.6) is 0 Å². The fourth-order valence-electron chi connectivity index (χ4n) is 1.75. The standard InChI is InChI=1S/C14H11F3N2O/c15-9-5-10(18)7-11(6-9)19-13(20)4-8-2-1-3-12(16)14(8)17/h1-3,5-7H,4,18H2,(H,19,20). The van der Waals surface area contributed by atoms with E-state index in [0.29, 0.717) is 0 Å². The van der Waals surface area contributed by atoms with E-state index in [1.54, 1.807) is 0 Å². The van der Waals surface area contributed by atoms with Gasteiger partial charge < -0.3 is 11.1 Å². The van der Waals surface area contributed by atoms with Crippen molar-refractivity contribution in [2.45, 2.75) is 6.42 Å². The van der Waals surface area contributed by atoms with Crippen molar-refractivity contribution in [1.29, 1.82) is 0 Å². The number of halogens is 3. The van der Waals surface area contributed by atoms with Crippen molar-refractivity contribution in [1.82, 2.24) is 0 Å².